The van der Waals surface area contributed by atoms with Crippen LogP contribution in [0.2, 0.25) is 0 Å². The Bertz CT molecular complexity index is 1320. The van der Waals surface area contributed by atoms with Gasteiger partial charge in [-0.3, -0.25) is 19.9 Å². The average molecular weight is 521 g/mol. The van der Waals surface area contributed by atoms with Crippen molar-refractivity contribution in [2.45, 2.75) is 38.5 Å². The van der Waals surface area contributed by atoms with E-state index in [1.807, 2.05) is 11.4 Å². The summed E-state index contributed by atoms with van der Waals surface area (Å²) >= 11 is 1.48. The number of anilines is 1. The first-order valence-electron chi connectivity index (χ1n) is 11.9. The van der Waals surface area contributed by atoms with Crippen molar-refractivity contribution in [3.8, 4) is 27.6 Å². The molecule has 0 aliphatic heterocycles. The summed E-state index contributed by atoms with van der Waals surface area (Å²) in [6, 6.07) is 6.88. The molecule has 0 bridgehead atoms. The molecular formula is C25H28N8O3S. The molecule has 11 nitrogen and oxygen atoms in total. The second-order valence-corrected chi connectivity index (χ2v) is 9.61. The number of guanidine groups is 1. The molecule has 2 amide bonds. The lowest BCUT2D eigenvalue weighted by molar-refractivity contribution is -0.117. The molecule has 5 N–H and O–H groups in total. The normalized spacial score (nSPS) is 14.1. The van der Waals surface area contributed by atoms with Crippen molar-refractivity contribution in [1.82, 2.24) is 15.3 Å². The first-order chi connectivity index (χ1) is 18.0. The van der Waals surface area contributed by atoms with Gasteiger partial charge in [-0.1, -0.05) is 30.4 Å². The SMILES string of the molecule is COc1cc(-c2cncc(-c3cc(NC(=O)CC4CCCCC4)cs3)n2)ccc1C(=O)N/C(N)=N/N=N. The summed E-state index contributed by atoms with van der Waals surface area (Å²) in [7, 11) is 1.45. The van der Waals surface area contributed by atoms with Gasteiger partial charge in [-0.15, -0.1) is 11.3 Å². The van der Waals surface area contributed by atoms with Gasteiger partial charge < -0.3 is 15.8 Å². The van der Waals surface area contributed by atoms with E-state index in [2.05, 4.69) is 25.9 Å². The zero-order valence-corrected chi connectivity index (χ0v) is 21.2. The minimum Gasteiger partial charge on any atom is -0.496 e. The highest BCUT2D eigenvalue weighted by Crippen LogP contribution is 2.32. The Balaban J connectivity index is 1.48. The van der Waals surface area contributed by atoms with E-state index < -0.39 is 5.91 Å². The maximum absolute atomic E-state index is 12.5. The van der Waals surface area contributed by atoms with Gasteiger partial charge in [-0.05, 0) is 42.2 Å². The van der Waals surface area contributed by atoms with Gasteiger partial charge in [0.15, 0.2) is 0 Å². The number of rotatable bonds is 8. The maximum atomic E-state index is 12.5. The number of ether oxygens (including phenoxy) is 1. The highest BCUT2D eigenvalue weighted by atomic mass is 32.1. The average Bonchev–Trinajstić information content (AvgIpc) is 3.37. The second-order valence-electron chi connectivity index (χ2n) is 8.70. The largest absolute Gasteiger partial charge is 0.496 e. The molecule has 12 heteroatoms. The van der Waals surface area contributed by atoms with E-state index in [4.69, 9.17) is 21.0 Å². The van der Waals surface area contributed by atoms with Crippen LogP contribution in [0.4, 0.5) is 5.69 Å². The van der Waals surface area contributed by atoms with Crippen molar-refractivity contribution in [2.75, 3.05) is 12.4 Å². The third-order valence-corrected chi connectivity index (χ3v) is 7.06. The van der Waals surface area contributed by atoms with Gasteiger partial charge in [0.05, 0.1) is 47.0 Å². The smallest absolute Gasteiger partial charge is 0.261 e. The Hall–Kier alpha value is -4.19. The third kappa shape index (κ3) is 6.73. The van der Waals surface area contributed by atoms with Crippen LogP contribution < -0.4 is 21.1 Å². The van der Waals surface area contributed by atoms with Gasteiger partial charge in [0.2, 0.25) is 11.9 Å². The zero-order chi connectivity index (χ0) is 26.2. The number of amides is 2. The number of nitrogens with two attached hydrogens (primary N) is 1. The van der Waals surface area contributed by atoms with Crippen molar-refractivity contribution in [3.05, 3.63) is 47.6 Å². The van der Waals surface area contributed by atoms with Crippen molar-refractivity contribution in [3.63, 3.8) is 0 Å². The second kappa shape index (κ2) is 12.2. The minimum absolute atomic E-state index is 0.0504. The monoisotopic (exact) mass is 520 g/mol. The molecular weight excluding hydrogens is 492 g/mol. The van der Waals surface area contributed by atoms with Gasteiger partial charge in [0.1, 0.15) is 5.75 Å². The lowest BCUT2D eigenvalue weighted by Crippen LogP contribution is -2.36. The van der Waals surface area contributed by atoms with E-state index in [1.165, 1.54) is 37.7 Å². The Labute approximate surface area is 218 Å². The van der Waals surface area contributed by atoms with Gasteiger partial charge in [0.25, 0.3) is 5.91 Å². The fourth-order valence-electron chi connectivity index (χ4n) is 4.33. The number of nitrogens with one attached hydrogen (secondary N) is 3. The van der Waals surface area contributed by atoms with Crippen molar-refractivity contribution >= 4 is 34.8 Å². The summed E-state index contributed by atoms with van der Waals surface area (Å²) in [6.45, 7) is 0. The molecule has 0 radical (unpaired) electrons. The molecule has 3 aromatic rings. The van der Waals surface area contributed by atoms with E-state index in [0.717, 1.165) is 23.4 Å². The molecule has 1 fully saturated rings. The molecule has 2 aromatic heterocycles. The van der Waals surface area contributed by atoms with Crippen LogP contribution in [0.3, 0.4) is 0 Å². The number of benzene rings is 1. The number of aromatic nitrogens is 2. The standard InChI is InChI=1S/C25H28N8O3S/c1-36-21-10-16(7-8-18(21)24(35)31-25(26)32-33-27)19-12-28-13-20(30-19)22-11-17(14-37-22)29-23(34)9-15-5-3-2-4-6-15/h7-8,10-15H,2-6,9H2,1H3,(H,29,34)(H4,26,27,31,32,35). The summed E-state index contributed by atoms with van der Waals surface area (Å²) in [6.07, 6.45) is 9.81. The van der Waals surface area contributed by atoms with E-state index in [-0.39, 0.29) is 17.4 Å². The third-order valence-electron chi connectivity index (χ3n) is 6.11. The van der Waals surface area contributed by atoms with Crippen LogP contribution >= 0.6 is 11.3 Å². The van der Waals surface area contributed by atoms with E-state index in [9.17, 15) is 9.59 Å². The molecule has 0 saturated heterocycles. The van der Waals surface area contributed by atoms with Crippen LogP contribution in [0, 0.1) is 11.4 Å². The molecule has 1 aromatic carbocycles. The van der Waals surface area contributed by atoms with Crippen LogP contribution in [0.15, 0.2) is 52.4 Å². The Morgan fingerprint density at radius 3 is 2.73 bits per heavy atom. The van der Waals surface area contributed by atoms with Crippen LogP contribution in [-0.2, 0) is 4.79 Å². The molecule has 1 aliphatic carbocycles. The number of carbonyl (C=O) groups excluding carboxylic acids is 2. The Kier molecular flexibility index (Phi) is 8.52. The van der Waals surface area contributed by atoms with Gasteiger partial charge in [-0.25, -0.2) is 4.98 Å². The quantitative estimate of drug-likeness (QED) is 0.144. The summed E-state index contributed by atoms with van der Waals surface area (Å²) in [5, 5.41) is 13.3. The predicted octanol–water partition coefficient (Wildman–Crippen LogP) is 4.78. The number of methoxy groups -OCH3 is 1. The van der Waals surface area contributed by atoms with E-state index in [0.29, 0.717) is 35.0 Å². The number of thiophene rings is 1. The fourth-order valence-corrected chi connectivity index (χ4v) is 5.12. The zero-order valence-electron chi connectivity index (χ0n) is 20.4. The first-order valence-corrected chi connectivity index (χ1v) is 12.7. The van der Waals surface area contributed by atoms with Crippen molar-refractivity contribution in [2.24, 2.45) is 22.0 Å². The van der Waals surface area contributed by atoms with Gasteiger partial charge >= 0.3 is 0 Å². The van der Waals surface area contributed by atoms with Crippen LogP contribution in [-0.4, -0.2) is 34.9 Å². The highest BCUT2D eigenvalue weighted by Gasteiger charge is 2.18. The van der Waals surface area contributed by atoms with Crippen LogP contribution in [0.5, 0.6) is 5.75 Å². The minimum atomic E-state index is -0.551. The van der Waals surface area contributed by atoms with Crippen LogP contribution in [0.1, 0.15) is 48.9 Å². The summed E-state index contributed by atoms with van der Waals surface area (Å²) in [4.78, 5) is 34.9. The molecule has 0 atom stereocenters. The van der Waals surface area contributed by atoms with E-state index >= 15 is 0 Å². The van der Waals surface area contributed by atoms with Gasteiger partial charge in [-0.2, -0.15) is 5.53 Å². The van der Waals surface area contributed by atoms with Crippen molar-refractivity contribution in [1.29, 1.82) is 5.53 Å². The summed E-state index contributed by atoms with van der Waals surface area (Å²) in [5.41, 5.74) is 15.1. The predicted molar refractivity (Wildman–Crippen MR) is 141 cm³/mol. The Morgan fingerprint density at radius 1 is 1.19 bits per heavy atom. The first kappa shape index (κ1) is 25.9. The molecule has 1 saturated carbocycles. The molecule has 192 valence electrons. The topological polar surface area (TPSA) is 168 Å². The number of nitrogens with zero attached hydrogens (tertiary/aromatic N) is 4. The van der Waals surface area contributed by atoms with Crippen LogP contribution in [0.25, 0.3) is 21.8 Å². The highest BCUT2D eigenvalue weighted by molar-refractivity contribution is 7.14. The lowest BCUT2D eigenvalue weighted by Gasteiger charge is -2.20. The summed E-state index contributed by atoms with van der Waals surface area (Å²) in [5.74, 6) is -0.0191. The van der Waals surface area contributed by atoms with Crippen molar-refractivity contribution < 1.29 is 14.3 Å². The molecule has 37 heavy (non-hydrogen) atoms. The molecule has 2 heterocycles. The molecule has 0 spiro atoms. The lowest BCUT2D eigenvalue weighted by atomic mass is 9.87. The fraction of sp³-hybridized carbons (Fsp3) is 0.320. The number of carbonyl (C=O) groups is 2. The molecule has 4 rings (SSSR count). The van der Waals surface area contributed by atoms with Gasteiger partial charge in [0, 0.05) is 17.4 Å². The Morgan fingerprint density at radius 2 is 1.97 bits per heavy atom. The number of hydrogen-bond donors (Lipinski definition) is 4. The molecule has 0 unspecified atom stereocenters. The maximum Gasteiger partial charge on any atom is 0.261 e. The van der Waals surface area contributed by atoms with E-state index in [1.54, 1.807) is 30.6 Å². The summed E-state index contributed by atoms with van der Waals surface area (Å²) < 4.78 is 5.39. The molecule has 1 aliphatic rings. The number of hydrogen-bond acceptors (Lipinski definition) is 8.